The molecule has 1 aromatic heterocycles. The van der Waals surface area contributed by atoms with E-state index in [9.17, 15) is 4.79 Å². The van der Waals surface area contributed by atoms with E-state index in [0.717, 1.165) is 15.7 Å². The molecule has 0 N–H and O–H groups in total. The molecule has 104 valence electrons. The van der Waals surface area contributed by atoms with Crippen LogP contribution in [0.15, 0.2) is 34.8 Å². The van der Waals surface area contributed by atoms with E-state index in [4.69, 9.17) is 0 Å². The number of carbonyl (C=O) groups is 1. The molecule has 0 aliphatic carbocycles. The molecule has 1 amide bonds. The number of halogens is 1. The van der Waals surface area contributed by atoms with Gasteiger partial charge in [0.05, 0.1) is 17.0 Å². The number of rotatable bonds is 3. The summed E-state index contributed by atoms with van der Waals surface area (Å²) in [7, 11) is 1.79. The topological polar surface area (TPSA) is 46.1 Å². The molecule has 0 saturated heterocycles. The average Bonchev–Trinajstić information content (AvgIpc) is 2.43. The highest BCUT2D eigenvalue weighted by Crippen LogP contribution is 2.14. The highest BCUT2D eigenvalue weighted by Gasteiger charge is 2.16. The van der Waals surface area contributed by atoms with Crippen LogP contribution in [0.25, 0.3) is 0 Å². The van der Waals surface area contributed by atoms with Gasteiger partial charge in [-0.1, -0.05) is 28.1 Å². The van der Waals surface area contributed by atoms with Crippen molar-refractivity contribution in [3.8, 4) is 0 Å². The summed E-state index contributed by atoms with van der Waals surface area (Å²) in [5, 5.41) is 7.95. The van der Waals surface area contributed by atoms with Gasteiger partial charge in [0.2, 0.25) is 0 Å². The van der Waals surface area contributed by atoms with E-state index in [2.05, 4.69) is 26.1 Å². The number of nitrogens with zero attached hydrogens (tertiary/aromatic N) is 3. The van der Waals surface area contributed by atoms with Crippen molar-refractivity contribution in [2.75, 3.05) is 7.05 Å². The first-order valence-electron chi connectivity index (χ1n) is 6.28. The molecule has 4 nitrogen and oxygen atoms in total. The van der Waals surface area contributed by atoms with Crippen molar-refractivity contribution in [3.63, 3.8) is 0 Å². The Bertz CT molecular complexity index is 626. The van der Waals surface area contributed by atoms with Crippen molar-refractivity contribution in [2.45, 2.75) is 20.4 Å². The van der Waals surface area contributed by atoms with Crippen LogP contribution in [0.5, 0.6) is 0 Å². The second-order valence-electron chi connectivity index (χ2n) is 4.77. The average molecular weight is 334 g/mol. The standard InChI is InChI=1S/C15H16BrN3O/c1-10-8-14(11(2)18-17-10)15(20)19(3)9-12-4-6-13(16)7-5-12/h4-8H,9H2,1-3H3. The van der Waals surface area contributed by atoms with Crippen LogP contribution in [0.1, 0.15) is 27.3 Å². The summed E-state index contributed by atoms with van der Waals surface area (Å²) in [5.74, 6) is -0.0385. The van der Waals surface area contributed by atoms with E-state index >= 15 is 0 Å². The lowest BCUT2D eigenvalue weighted by Crippen LogP contribution is -2.27. The third-order valence-corrected chi connectivity index (χ3v) is 3.54. The molecule has 20 heavy (non-hydrogen) atoms. The predicted molar refractivity (Wildman–Crippen MR) is 81.4 cm³/mol. The molecule has 2 rings (SSSR count). The van der Waals surface area contributed by atoms with Crippen molar-refractivity contribution in [3.05, 3.63) is 57.3 Å². The monoisotopic (exact) mass is 333 g/mol. The minimum absolute atomic E-state index is 0.0385. The van der Waals surface area contributed by atoms with Crippen LogP contribution < -0.4 is 0 Å². The van der Waals surface area contributed by atoms with Gasteiger partial charge >= 0.3 is 0 Å². The van der Waals surface area contributed by atoms with E-state index in [1.54, 1.807) is 24.9 Å². The molecular weight excluding hydrogens is 318 g/mol. The van der Waals surface area contributed by atoms with Gasteiger partial charge in [-0.15, -0.1) is 0 Å². The maximum absolute atomic E-state index is 12.4. The lowest BCUT2D eigenvalue weighted by molar-refractivity contribution is 0.0783. The molecule has 0 bridgehead atoms. The number of benzene rings is 1. The Labute approximate surface area is 127 Å². The van der Waals surface area contributed by atoms with E-state index in [-0.39, 0.29) is 5.91 Å². The molecule has 2 aromatic rings. The second-order valence-corrected chi connectivity index (χ2v) is 5.69. The molecule has 1 heterocycles. The van der Waals surface area contributed by atoms with E-state index in [1.807, 2.05) is 31.2 Å². The number of amides is 1. The van der Waals surface area contributed by atoms with Crippen molar-refractivity contribution in [2.24, 2.45) is 0 Å². The van der Waals surface area contributed by atoms with E-state index < -0.39 is 0 Å². The van der Waals surface area contributed by atoms with Crippen molar-refractivity contribution < 1.29 is 4.79 Å². The molecule has 0 unspecified atom stereocenters. The van der Waals surface area contributed by atoms with Crippen molar-refractivity contribution in [1.29, 1.82) is 0 Å². The molecule has 0 fully saturated rings. The van der Waals surface area contributed by atoms with Gasteiger partial charge in [-0.2, -0.15) is 10.2 Å². The number of hydrogen-bond acceptors (Lipinski definition) is 3. The largest absolute Gasteiger partial charge is 0.337 e. The molecule has 1 aromatic carbocycles. The third-order valence-electron chi connectivity index (χ3n) is 3.01. The van der Waals surface area contributed by atoms with Crippen molar-refractivity contribution in [1.82, 2.24) is 15.1 Å². The Morgan fingerprint density at radius 1 is 1.20 bits per heavy atom. The van der Waals surface area contributed by atoms with Gasteiger partial charge in [0.25, 0.3) is 5.91 Å². The van der Waals surface area contributed by atoms with E-state index in [1.165, 1.54) is 0 Å². The van der Waals surface area contributed by atoms with Gasteiger partial charge in [-0.25, -0.2) is 0 Å². The zero-order valence-corrected chi connectivity index (χ0v) is 13.3. The van der Waals surface area contributed by atoms with Crippen molar-refractivity contribution >= 4 is 21.8 Å². The zero-order chi connectivity index (χ0) is 14.7. The van der Waals surface area contributed by atoms with Crippen LogP contribution >= 0.6 is 15.9 Å². The zero-order valence-electron chi connectivity index (χ0n) is 11.7. The Hall–Kier alpha value is -1.75. The van der Waals surface area contributed by atoms with Gasteiger partial charge in [0, 0.05) is 18.1 Å². The number of hydrogen-bond donors (Lipinski definition) is 0. The molecule has 5 heteroatoms. The Kier molecular flexibility index (Phi) is 4.49. The van der Waals surface area contributed by atoms with Crippen LogP contribution in [0, 0.1) is 13.8 Å². The van der Waals surface area contributed by atoms with Crippen LogP contribution in [0.2, 0.25) is 0 Å². The lowest BCUT2D eigenvalue weighted by Gasteiger charge is -2.18. The first kappa shape index (κ1) is 14.7. The number of aromatic nitrogens is 2. The SMILES string of the molecule is Cc1cc(C(=O)N(C)Cc2ccc(Br)cc2)c(C)nn1. The number of carbonyl (C=O) groups excluding carboxylic acids is 1. The minimum atomic E-state index is -0.0385. The summed E-state index contributed by atoms with van der Waals surface area (Å²) in [4.78, 5) is 14.1. The summed E-state index contributed by atoms with van der Waals surface area (Å²) in [6.07, 6.45) is 0. The van der Waals surface area contributed by atoms with Gasteiger partial charge in [0.1, 0.15) is 0 Å². The van der Waals surface area contributed by atoms with Crippen LogP contribution in [-0.4, -0.2) is 28.1 Å². The minimum Gasteiger partial charge on any atom is -0.337 e. The Balaban J connectivity index is 2.16. The fourth-order valence-corrected chi connectivity index (χ4v) is 2.17. The summed E-state index contributed by atoms with van der Waals surface area (Å²) in [5.41, 5.74) is 3.09. The highest BCUT2D eigenvalue weighted by atomic mass is 79.9. The summed E-state index contributed by atoms with van der Waals surface area (Å²) in [6, 6.07) is 9.71. The predicted octanol–water partition coefficient (Wildman–Crippen LogP) is 3.13. The van der Waals surface area contributed by atoms with Gasteiger partial charge in [-0.3, -0.25) is 4.79 Å². The molecule has 0 aliphatic rings. The first-order valence-corrected chi connectivity index (χ1v) is 7.07. The van der Waals surface area contributed by atoms with Crippen LogP contribution in [-0.2, 0) is 6.54 Å². The lowest BCUT2D eigenvalue weighted by atomic mass is 10.1. The normalized spacial score (nSPS) is 10.4. The van der Waals surface area contributed by atoms with Gasteiger partial charge in [0.15, 0.2) is 0 Å². The number of aryl methyl sites for hydroxylation is 2. The van der Waals surface area contributed by atoms with Crippen LogP contribution in [0.3, 0.4) is 0 Å². The molecule has 0 spiro atoms. The molecule has 0 saturated carbocycles. The van der Waals surface area contributed by atoms with Crippen LogP contribution in [0.4, 0.5) is 0 Å². The fraction of sp³-hybridized carbons (Fsp3) is 0.267. The third kappa shape index (κ3) is 3.42. The fourth-order valence-electron chi connectivity index (χ4n) is 1.91. The van der Waals surface area contributed by atoms with Gasteiger partial charge in [-0.05, 0) is 37.6 Å². The highest BCUT2D eigenvalue weighted by molar-refractivity contribution is 9.10. The maximum Gasteiger partial charge on any atom is 0.255 e. The summed E-state index contributed by atoms with van der Waals surface area (Å²) in [6.45, 7) is 4.19. The Morgan fingerprint density at radius 2 is 1.85 bits per heavy atom. The second kappa shape index (κ2) is 6.13. The van der Waals surface area contributed by atoms with E-state index in [0.29, 0.717) is 17.8 Å². The molecular formula is C15H16BrN3O. The Morgan fingerprint density at radius 3 is 2.50 bits per heavy atom. The smallest absolute Gasteiger partial charge is 0.255 e. The summed E-state index contributed by atoms with van der Waals surface area (Å²) >= 11 is 3.40. The molecule has 0 radical (unpaired) electrons. The summed E-state index contributed by atoms with van der Waals surface area (Å²) < 4.78 is 1.03. The first-order chi connectivity index (χ1) is 9.47. The van der Waals surface area contributed by atoms with Gasteiger partial charge < -0.3 is 4.90 Å². The maximum atomic E-state index is 12.4. The molecule has 0 aliphatic heterocycles. The quantitative estimate of drug-likeness (QED) is 0.866. The molecule has 0 atom stereocenters.